The Kier molecular flexibility index (Phi) is 4.24. The minimum Gasteiger partial charge on any atom is -0.354 e. The lowest BCUT2D eigenvalue weighted by Gasteiger charge is -2.33. The lowest BCUT2D eigenvalue weighted by atomic mass is 10.1. The number of hydrogen-bond acceptors (Lipinski definition) is 5. The van der Waals surface area contributed by atoms with Gasteiger partial charge < -0.3 is 15.1 Å². The van der Waals surface area contributed by atoms with Gasteiger partial charge in [0.25, 0.3) is 0 Å². The molecule has 0 atom stereocenters. The molecule has 25 heavy (non-hydrogen) atoms. The number of fused-ring (bicyclic) bond motifs is 1. The quantitative estimate of drug-likeness (QED) is 0.795. The summed E-state index contributed by atoms with van der Waals surface area (Å²) in [4.78, 5) is 13.8. The third-order valence-corrected chi connectivity index (χ3v) is 4.75. The summed E-state index contributed by atoms with van der Waals surface area (Å²) in [6.45, 7) is 6.33. The molecule has 3 heterocycles. The second-order valence-corrected chi connectivity index (χ2v) is 6.70. The number of piperazine rings is 1. The molecule has 0 saturated carbocycles. The van der Waals surface area contributed by atoms with Gasteiger partial charge in [0.2, 0.25) is 0 Å². The van der Waals surface area contributed by atoms with Gasteiger partial charge in [-0.2, -0.15) is 0 Å². The first kappa shape index (κ1) is 15.8. The van der Waals surface area contributed by atoms with Gasteiger partial charge in [0.05, 0.1) is 17.4 Å². The molecule has 1 saturated heterocycles. The van der Waals surface area contributed by atoms with Gasteiger partial charge >= 0.3 is 0 Å². The molecule has 0 spiro atoms. The van der Waals surface area contributed by atoms with E-state index in [2.05, 4.69) is 69.4 Å². The number of aryl methyl sites for hydroxylation is 1. The molecule has 5 heteroatoms. The predicted octanol–water partition coefficient (Wildman–Crippen LogP) is 3.43. The Morgan fingerprint density at radius 2 is 1.80 bits per heavy atom. The highest BCUT2D eigenvalue weighted by atomic mass is 15.3. The second kappa shape index (κ2) is 6.69. The van der Waals surface area contributed by atoms with E-state index in [9.17, 15) is 0 Å². The van der Waals surface area contributed by atoms with Crippen LogP contribution in [0.4, 0.5) is 17.2 Å². The molecule has 1 aliphatic rings. The fraction of sp³-hybridized carbons (Fsp3) is 0.300. The number of hydrogen-bond donors (Lipinski definition) is 1. The van der Waals surface area contributed by atoms with E-state index < -0.39 is 0 Å². The molecule has 0 bridgehead atoms. The molecule has 128 valence electrons. The standard InChI is InChI=1S/C20H23N5/c1-15-3-5-17-18(7-8-21-19(17)13-15)23-16-4-6-20(22-14-16)25-11-9-24(2)10-12-25/h3-8,13-14H,9-12H2,1-2H3,(H,21,23). The van der Waals surface area contributed by atoms with Crippen molar-refractivity contribution in [2.75, 3.05) is 43.4 Å². The van der Waals surface area contributed by atoms with Crippen molar-refractivity contribution in [3.05, 3.63) is 54.4 Å². The van der Waals surface area contributed by atoms with Crippen LogP contribution in [0.15, 0.2) is 48.8 Å². The Labute approximate surface area is 148 Å². The van der Waals surface area contributed by atoms with Crippen molar-refractivity contribution in [2.24, 2.45) is 0 Å². The number of pyridine rings is 2. The largest absolute Gasteiger partial charge is 0.354 e. The molecule has 4 rings (SSSR count). The number of nitrogens with zero attached hydrogens (tertiary/aromatic N) is 4. The van der Waals surface area contributed by atoms with E-state index >= 15 is 0 Å². The second-order valence-electron chi connectivity index (χ2n) is 6.70. The van der Waals surface area contributed by atoms with Gasteiger partial charge in [0, 0.05) is 43.4 Å². The Hall–Kier alpha value is -2.66. The third-order valence-electron chi connectivity index (χ3n) is 4.75. The first-order valence-corrected chi connectivity index (χ1v) is 8.71. The molecule has 0 unspecified atom stereocenters. The summed E-state index contributed by atoms with van der Waals surface area (Å²) in [6, 6.07) is 12.5. The van der Waals surface area contributed by atoms with Crippen molar-refractivity contribution in [2.45, 2.75) is 6.92 Å². The van der Waals surface area contributed by atoms with Crippen molar-refractivity contribution < 1.29 is 0 Å². The van der Waals surface area contributed by atoms with Crippen LogP contribution in [-0.2, 0) is 0 Å². The van der Waals surface area contributed by atoms with Gasteiger partial charge in [0.1, 0.15) is 5.82 Å². The van der Waals surface area contributed by atoms with Crippen molar-refractivity contribution in [1.82, 2.24) is 14.9 Å². The molecular weight excluding hydrogens is 310 g/mol. The molecule has 5 nitrogen and oxygen atoms in total. The number of rotatable bonds is 3. The van der Waals surface area contributed by atoms with E-state index in [0.717, 1.165) is 54.3 Å². The molecule has 1 aliphatic heterocycles. The molecular formula is C20H23N5. The maximum Gasteiger partial charge on any atom is 0.128 e. The minimum atomic E-state index is 0.992. The van der Waals surface area contributed by atoms with Crippen molar-refractivity contribution in [3.63, 3.8) is 0 Å². The van der Waals surface area contributed by atoms with E-state index in [-0.39, 0.29) is 0 Å². The summed E-state index contributed by atoms with van der Waals surface area (Å²) < 4.78 is 0. The van der Waals surface area contributed by atoms with E-state index in [1.165, 1.54) is 5.56 Å². The lowest BCUT2D eigenvalue weighted by Crippen LogP contribution is -2.44. The van der Waals surface area contributed by atoms with E-state index in [4.69, 9.17) is 0 Å². The number of nitrogens with one attached hydrogen (secondary N) is 1. The maximum atomic E-state index is 4.65. The van der Waals surface area contributed by atoms with Crippen LogP contribution >= 0.6 is 0 Å². The van der Waals surface area contributed by atoms with Crippen LogP contribution in [0.25, 0.3) is 10.9 Å². The third kappa shape index (κ3) is 3.42. The van der Waals surface area contributed by atoms with E-state index in [1.807, 2.05) is 18.5 Å². The molecule has 0 amide bonds. The van der Waals surface area contributed by atoms with Crippen LogP contribution in [-0.4, -0.2) is 48.1 Å². The van der Waals surface area contributed by atoms with Crippen molar-refractivity contribution in [1.29, 1.82) is 0 Å². The molecule has 1 N–H and O–H groups in total. The first-order chi connectivity index (χ1) is 12.2. The normalized spacial score (nSPS) is 15.5. The molecule has 0 aliphatic carbocycles. The smallest absolute Gasteiger partial charge is 0.128 e. The van der Waals surface area contributed by atoms with Crippen molar-refractivity contribution >= 4 is 28.1 Å². The molecule has 0 radical (unpaired) electrons. The van der Waals surface area contributed by atoms with E-state index in [0.29, 0.717) is 0 Å². The molecule has 2 aromatic heterocycles. The fourth-order valence-corrected chi connectivity index (χ4v) is 3.21. The summed E-state index contributed by atoms with van der Waals surface area (Å²) in [5.74, 6) is 1.05. The van der Waals surface area contributed by atoms with Gasteiger partial charge in [-0.1, -0.05) is 12.1 Å². The highest BCUT2D eigenvalue weighted by Gasteiger charge is 2.15. The number of aromatic nitrogens is 2. The average Bonchev–Trinajstić information content (AvgIpc) is 2.63. The number of benzene rings is 1. The zero-order valence-corrected chi connectivity index (χ0v) is 14.7. The van der Waals surface area contributed by atoms with Crippen LogP contribution in [0, 0.1) is 6.92 Å². The fourth-order valence-electron chi connectivity index (χ4n) is 3.21. The summed E-state index contributed by atoms with van der Waals surface area (Å²) in [5.41, 5.74) is 4.27. The Morgan fingerprint density at radius 3 is 2.56 bits per heavy atom. The number of likely N-dealkylation sites (N-methyl/N-ethyl adjacent to an activating group) is 1. The topological polar surface area (TPSA) is 44.3 Å². The highest BCUT2D eigenvalue weighted by Crippen LogP contribution is 2.26. The summed E-state index contributed by atoms with van der Waals surface area (Å²) in [6.07, 6.45) is 3.75. The molecule has 1 fully saturated rings. The van der Waals surface area contributed by atoms with Crippen molar-refractivity contribution in [3.8, 4) is 0 Å². The van der Waals surface area contributed by atoms with E-state index in [1.54, 1.807) is 0 Å². The van der Waals surface area contributed by atoms with Crippen LogP contribution in [0.3, 0.4) is 0 Å². The monoisotopic (exact) mass is 333 g/mol. The van der Waals surface area contributed by atoms with Crippen LogP contribution in [0.1, 0.15) is 5.56 Å². The molecule has 3 aromatic rings. The number of anilines is 3. The Morgan fingerprint density at radius 1 is 0.960 bits per heavy atom. The van der Waals surface area contributed by atoms with Crippen LogP contribution in [0.5, 0.6) is 0 Å². The Bertz CT molecular complexity index is 867. The lowest BCUT2D eigenvalue weighted by molar-refractivity contribution is 0.312. The summed E-state index contributed by atoms with van der Waals surface area (Å²) >= 11 is 0. The first-order valence-electron chi connectivity index (χ1n) is 8.71. The van der Waals surface area contributed by atoms with Gasteiger partial charge in [-0.05, 0) is 43.8 Å². The zero-order valence-electron chi connectivity index (χ0n) is 14.7. The van der Waals surface area contributed by atoms with Gasteiger partial charge in [0.15, 0.2) is 0 Å². The molecule has 1 aromatic carbocycles. The van der Waals surface area contributed by atoms with Gasteiger partial charge in [-0.3, -0.25) is 4.98 Å². The van der Waals surface area contributed by atoms with Gasteiger partial charge in [-0.25, -0.2) is 4.98 Å². The summed E-state index contributed by atoms with van der Waals surface area (Å²) in [7, 11) is 2.16. The Balaban J connectivity index is 1.54. The predicted molar refractivity (Wildman–Crippen MR) is 104 cm³/mol. The average molecular weight is 333 g/mol. The SMILES string of the molecule is Cc1ccc2c(Nc3ccc(N4CCN(C)CC4)nc3)ccnc2c1. The minimum absolute atomic E-state index is 0.992. The summed E-state index contributed by atoms with van der Waals surface area (Å²) in [5, 5.41) is 4.60. The maximum absolute atomic E-state index is 4.65. The van der Waals surface area contributed by atoms with Gasteiger partial charge in [-0.15, -0.1) is 0 Å². The van der Waals surface area contributed by atoms with Crippen LogP contribution < -0.4 is 10.2 Å². The zero-order chi connectivity index (χ0) is 17.2. The van der Waals surface area contributed by atoms with Crippen LogP contribution in [0.2, 0.25) is 0 Å². The highest BCUT2D eigenvalue weighted by molar-refractivity contribution is 5.93.